The van der Waals surface area contributed by atoms with E-state index >= 15 is 0 Å². The van der Waals surface area contributed by atoms with E-state index in [-0.39, 0.29) is 11.7 Å². The zero-order valence-electron chi connectivity index (χ0n) is 9.57. The van der Waals surface area contributed by atoms with E-state index in [1.54, 1.807) is 6.92 Å². The number of ether oxygens (including phenoxy) is 1. The molecular formula is C13H18O2. The maximum atomic E-state index is 11.3. The minimum absolute atomic E-state index is 0.00907. The first-order valence-corrected chi connectivity index (χ1v) is 5.29. The summed E-state index contributed by atoms with van der Waals surface area (Å²) in [5.74, 6) is 1.33. The molecule has 0 amide bonds. The Kier molecular flexibility index (Phi) is 4.35. The highest BCUT2D eigenvalue weighted by Gasteiger charge is 2.18. The van der Waals surface area contributed by atoms with E-state index in [1.165, 1.54) is 0 Å². The predicted octanol–water partition coefficient (Wildman–Crippen LogP) is 2.93. The fourth-order valence-corrected chi connectivity index (χ4v) is 1.48. The van der Waals surface area contributed by atoms with E-state index < -0.39 is 0 Å². The summed E-state index contributed by atoms with van der Waals surface area (Å²) in [7, 11) is 0. The molecule has 0 heterocycles. The van der Waals surface area contributed by atoms with Crippen LogP contribution >= 0.6 is 0 Å². The van der Waals surface area contributed by atoms with Crippen molar-refractivity contribution in [2.24, 2.45) is 11.8 Å². The average molecular weight is 206 g/mol. The fourth-order valence-electron chi connectivity index (χ4n) is 1.48. The second-order valence-electron chi connectivity index (χ2n) is 4.09. The van der Waals surface area contributed by atoms with Gasteiger partial charge < -0.3 is 4.74 Å². The molecule has 82 valence electrons. The molecule has 0 aromatic heterocycles. The van der Waals surface area contributed by atoms with Crippen molar-refractivity contribution in [3.8, 4) is 5.75 Å². The van der Waals surface area contributed by atoms with Crippen LogP contribution in [0.4, 0.5) is 0 Å². The molecule has 2 heteroatoms. The minimum Gasteiger partial charge on any atom is -0.493 e. The number of carbonyl (C=O) groups excluding carboxylic acids is 1. The van der Waals surface area contributed by atoms with Gasteiger partial charge in [-0.05, 0) is 25.0 Å². The molecule has 0 saturated heterocycles. The summed E-state index contributed by atoms with van der Waals surface area (Å²) in [4.78, 5) is 11.3. The summed E-state index contributed by atoms with van der Waals surface area (Å²) >= 11 is 0. The van der Waals surface area contributed by atoms with Gasteiger partial charge in [-0.25, -0.2) is 0 Å². The first kappa shape index (κ1) is 11.8. The number of rotatable bonds is 5. The summed E-state index contributed by atoms with van der Waals surface area (Å²) in [5, 5.41) is 0. The number of ketones is 1. The number of Topliss-reactive ketones (excluding diaryl/α,β-unsaturated/α-hetero) is 1. The van der Waals surface area contributed by atoms with E-state index in [4.69, 9.17) is 4.74 Å². The predicted molar refractivity (Wildman–Crippen MR) is 60.9 cm³/mol. The lowest BCUT2D eigenvalue weighted by molar-refractivity contribution is -0.123. The van der Waals surface area contributed by atoms with Crippen LogP contribution in [0.2, 0.25) is 0 Å². The molecule has 0 spiro atoms. The van der Waals surface area contributed by atoms with Gasteiger partial charge in [0.05, 0.1) is 12.5 Å². The Hall–Kier alpha value is -1.31. The fraction of sp³-hybridized carbons (Fsp3) is 0.462. The van der Waals surface area contributed by atoms with Crippen LogP contribution in [-0.4, -0.2) is 12.4 Å². The van der Waals surface area contributed by atoms with Gasteiger partial charge in [0.1, 0.15) is 11.5 Å². The van der Waals surface area contributed by atoms with Crippen LogP contribution in [0.25, 0.3) is 0 Å². The summed E-state index contributed by atoms with van der Waals surface area (Å²) in [5.41, 5.74) is 0. The van der Waals surface area contributed by atoms with Crippen molar-refractivity contribution in [2.45, 2.75) is 20.8 Å². The highest BCUT2D eigenvalue weighted by Crippen LogP contribution is 2.15. The van der Waals surface area contributed by atoms with E-state index in [2.05, 4.69) is 0 Å². The Morgan fingerprint density at radius 1 is 1.27 bits per heavy atom. The van der Waals surface area contributed by atoms with Crippen LogP contribution in [0.3, 0.4) is 0 Å². The molecule has 1 unspecified atom stereocenters. The molecule has 0 aliphatic carbocycles. The SMILES string of the molecule is CC(=O)C(COc1ccccc1)C(C)C. The highest BCUT2D eigenvalue weighted by molar-refractivity contribution is 5.78. The lowest BCUT2D eigenvalue weighted by Crippen LogP contribution is -2.24. The molecule has 0 saturated carbocycles. The van der Waals surface area contributed by atoms with Crippen molar-refractivity contribution < 1.29 is 9.53 Å². The zero-order valence-corrected chi connectivity index (χ0v) is 9.57. The van der Waals surface area contributed by atoms with Gasteiger partial charge in [-0.1, -0.05) is 32.0 Å². The number of carbonyl (C=O) groups is 1. The maximum absolute atomic E-state index is 11.3. The van der Waals surface area contributed by atoms with Crippen molar-refractivity contribution in [1.29, 1.82) is 0 Å². The van der Waals surface area contributed by atoms with Gasteiger partial charge in [0.25, 0.3) is 0 Å². The standard InChI is InChI=1S/C13H18O2/c1-10(2)13(11(3)14)9-15-12-7-5-4-6-8-12/h4-8,10,13H,9H2,1-3H3. The molecule has 0 bridgehead atoms. The van der Waals surface area contributed by atoms with Gasteiger partial charge in [-0.15, -0.1) is 0 Å². The topological polar surface area (TPSA) is 26.3 Å². The summed E-state index contributed by atoms with van der Waals surface area (Å²) in [6.07, 6.45) is 0. The van der Waals surface area contributed by atoms with Crippen LogP contribution < -0.4 is 4.74 Å². The van der Waals surface area contributed by atoms with Gasteiger partial charge >= 0.3 is 0 Å². The van der Waals surface area contributed by atoms with Gasteiger partial charge in [-0.3, -0.25) is 4.79 Å². The van der Waals surface area contributed by atoms with Crippen molar-refractivity contribution >= 4 is 5.78 Å². The smallest absolute Gasteiger partial charge is 0.136 e. The molecule has 0 radical (unpaired) electrons. The van der Waals surface area contributed by atoms with Crippen LogP contribution in [0, 0.1) is 11.8 Å². The molecule has 0 N–H and O–H groups in total. The number of benzene rings is 1. The van der Waals surface area contributed by atoms with E-state index in [9.17, 15) is 4.79 Å². The molecule has 0 fully saturated rings. The Bertz CT molecular complexity index is 304. The van der Waals surface area contributed by atoms with Crippen LogP contribution in [-0.2, 0) is 4.79 Å². The molecule has 0 aliphatic heterocycles. The lowest BCUT2D eigenvalue weighted by Gasteiger charge is -2.18. The van der Waals surface area contributed by atoms with Gasteiger partial charge in [0, 0.05) is 0 Å². The third-order valence-corrected chi connectivity index (χ3v) is 2.50. The molecule has 1 rings (SSSR count). The van der Waals surface area contributed by atoms with Gasteiger partial charge in [0.2, 0.25) is 0 Å². The van der Waals surface area contributed by atoms with Crippen LogP contribution in [0.1, 0.15) is 20.8 Å². The second-order valence-corrected chi connectivity index (χ2v) is 4.09. The normalized spacial score (nSPS) is 12.5. The summed E-state index contributed by atoms with van der Waals surface area (Å²) < 4.78 is 5.57. The molecular weight excluding hydrogens is 188 g/mol. The molecule has 1 atom stereocenters. The molecule has 0 aliphatic rings. The third kappa shape index (κ3) is 3.74. The van der Waals surface area contributed by atoms with Crippen LogP contribution in [0.5, 0.6) is 5.75 Å². The highest BCUT2D eigenvalue weighted by atomic mass is 16.5. The Morgan fingerprint density at radius 2 is 1.87 bits per heavy atom. The first-order valence-electron chi connectivity index (χ1n) is 5.29. The average Bonchev–Trinajstić information content (AvgIpc) is 2.18. The monoisotopic (exact) mass is 206 g/mol. The van der Waals surface area contributed by atoms with Crippen molar-refractivity contribution in [3.05, 3.63) is 30.3 Å². The Balaban J connectivity index is 2.51. The molecule has 1 aromatic carbocycles. The lowest BCUT2D eigenvalue weighted by atomic mass is 9.93. The summed E-state index contributed by atoms with van der Waals surface area (Å²) in [6.45, 7) is 6.18. The minimum atomic E-state index is -0.00907. The second kappa shape index (κ2) is 5.54. The summed E-state index contributed by atoms with van der Waals surface area (Å²) in [6, 6.07) is 9.59. The third-order valence-electron chi connectivity index (χ3n) is 2.50. The maximum Gasteiger partial charge on any atom is 0.136 e. The van der Waals surface area contributed by atoms with E-state index in [0.717, 1.165) is 5.75 Å². The number of para-hydroxylation sites is 1. The first-order chi connectivity index (χ1) is 7.11. The largest absolute Gasteiger partial charge is 0.493 e. The van der Waals surface area contributed by atoms with Crippen molar-refractivity contribution in [3.63, 3.8) is 0 Å². The Morgan fingerprint density at radius 3 is 2.33 bits per heavy atom. The van der Waals surface area contributed by atoms with Gasteiger partial charge in [0.15, 0.2) is 0 Å². The van der Waals surface area contributed by atoms with Crippen molar-refractivity contribution in [1.82, 2.24) is 0 Å². The van der Waals surface area contributed by atoms with E-state index in [1.807, 2.05) is 44.2 Å². The number of hydrogen-bond acceptors (Lipinski definition) is 2. The zero-order chi connectivity index (χ0) is 11.3. The molecule has 1 aromatic rings. The quantitative estimate of drug-likeness (QED) is 0.740. The molecule has 15 heavy (non-hydrogen) atoms. The van der Waals surface area contributed by atoms with E-state index in [0.29, 0.717) is 12.5 Å². The number of hydrogen-bond donors (Lipinski definition) is 0. The van der Waals surface area contributed by atoms with Gasteiger partial charge in [-0.2, -0.15) is 0 Å². The van der Waals surface area contributed by atoms with Crippen molar-refractivity contribution in [2.75, 3.05) is 6.61 Å². The molecule has 2 nitrogen and oxygen atoms in total. The van der Waals surface area contributed by atoms with Crippen LogP contribution in [0.15, 0.2) is 30.3 Å². The Labute approximate surface area is 91.3 Å².